The molecule has 0 atom stereocenters. The Balaban J connectivity index is 2.12. The van der Waals surface area contributed by atoms with Gasteiger partial charge in [-0.15, -0.1) is 0 Å². The third kappa shape index (κ3) is 2.77. The molecule has 25 heavy (non-hydrogen) atoms. The monoisotopic (exact) mass is 368 g/mol. The molecule has 0 saturated carbocycles. The Morgan fingerprint density at radius 3 is 2.32 bits per heavy atom. The molecule has 0 fully saturated rings. The van der Waals surface area contributed by atoms with Crippen LogP contribution in [0.3, 0.4) is 0 Å². The molecule has 2 heterocycles. The van der Waals surface area contributed by atoms with Crippen molar-refractivity contribution in [2.45, 2.75) is 13.8 Å². The van der Waals surface area contributed by atoms with Crippen LogP contribution in [0.15, 0.2) is 48.5 Å². The van der Waals surface area contributed by atoms with E-state index < -0.39 is 0 Å². The molecule has 6 heteroatoms. The van der Waals surface area contributed by atoms with E-state index in [0.29, 0.717) is 15.9 Å². The molecule has 0 aliphatic rings. The van der Waals surface area contributed by atoms with Gasteiger partial charge in [0.2, 0.25) is 0 Å². The highest BCUT2D eigenvalue weighted by molar-refractivity contribution is 6.33. The summed E-state index contributed by atoms with van der Waals surface area (Å²) < 4.78 is 1.76. The molecule has 0 aliphatic carbocycles. The molecule has 0 aliphatic heterocycles. The smallest absolute Gasteiger partial charge is 0.167 e. The number of benzene rings is 2. The molecule has 0 saturated heterocycles. The zero-order valence-corrected chi connectivity index (χ0v) is 15.2. The van der Waals surface area contributed by atoms with Gasteiger partial charge in [0.25, 0.3) is 0 Å². The summed E-state index contributed by atoms with van der Waals surface area (Å²) >= 11 is 12.5. The molecule has 0 spiro atoms. The molecule has 4 aromatic rings. The van der Waals surface area contributed by atoms with Crippen LogP contribution >= 0.6 is 23.2 Å². The first-order valence-electron chi connectivity index (χ1n) is 7.79. The molecule has 2 aromatic heterocycles. The number of halogens is 2. The Kier molecular flexibility index (Phi) is 3.94. The molecule has 4 rings (SSSR count). The summed E-state index contributed by atoms with van der Waals surface area (Å²) in [4.78, 5) is 9.04. The van der Waals surface area contributed by atoms with Gasteiger partial charge >= 0.3 is 0 Å². The Morgan fingerprint density at radius 2 is 1.60 bits per heavy atom. The van der Waals surface area contributed by atoms with Crippen molar-refractivity contribution < 1.29 is 0 Å². The summed E-state index contributed by atoms with van der Waals surface area (Å²) in [7, 11) is 0. The summed E-state index contributed by atoms with van der Waals surface area (Å²) in [5, 5.41) is 6.08. The number of aryl methyl sites for hydroxylation is 2. The number of nitrogens with zero attached hydrogens (tertiary/aromatic N) is 4. The predicted octanol–water partition coefficient (Wildman–Crippen LogP) is 5.38. The number of fused-ring (bicyclic) bond motifs is 1. The van der Waals surface area contributed by atoms with Crippen LogP contribution < -0.4 is 0 Å². The van der Waals surface area contributed by atoms with Gasteiger partial charge in [-0.2, -0.15) is 9.61 Å². The van der Waals surface area contributed by atoms with Gasteiger partial charge in [-0.05, 0) is 37.6 Å². The lowest BCUT2D eigenvalue weighted by Crippen LogP contribution is -2.02. The molecule has 0 bridgehead atoms. The molecule has 2 aromatic carbocycles. The Bertz CT molecular complexity index is 1080. The lowest BCUT2D eigenvalue weighted by Gasteiger charge is -2.05. The second-order valence-corrected chi connectivity index (χ2v) is 6.61. The van der Waals surface area contributed by atoms with E-state index in [1.54, 1.807) is 4.52 Å². The topological polar surface area (TPSA) is 43.1 Å². The summed E-state index contributed by atoms with van der Waals surface area (Å²) in [5.41, 5.74) is 4.28. The van der Waals surface area contributed by atoms with Crippen LogP contribution in [-0.2, 0) is 0 Å². The van der Waals surface area contributed by atoms with E-state index in [1.165, 1.54) is 0 Å². The molecule has 0 radical (unpaired) electrons. The average molecular weight is 369 g/mol. The molecule has 124 valence electrons. The van der Waals surface area contributed by atoms with E-state index in [4.69, 9.17) is 28.3 Å². The number of hydrogen-bond acceptors (Lipinski definition) is 3. The maximum atomic E-state index is 6.44. The second-order valence-electron chi connectivity index (χ2n) is 5.76. The fourth-order valence-electron chi connectivity index (χ4n) is 2.92. The fraction of sp³-hybridized carbons (Fsp3) is 0.105. The Labute approximate surface area is 155 Å². The van der Waals surface area contributed by atoms with Crippen LogP contribution in [0.2, 0.25) is 10.0 Å². The van der Waals surface area contributed by atoms with Crippen molar-refractivity contribution in [1.82, 2.24) is 19.6 Å². The first-order chi connectivity index (χ1) is 12.0. The van der Waals surface area contributed by atoms with E-state index >= 15 is 0 Å². The second kappa shape index (κ2) is 6.14. The van der Waals surface area contributed by atoms with Gasteiger partial charge in [-0.1, -0.05) is 53.5 Å². The van der Waals surface area contributed by atoms with Gasteiger partial charge in [0, 0.05) is 10.6 Å². The minimum Gasteiger partial charge on any atom is -0.219 e. The minimum absolute atomic E-state index is 0.642. The van der Waals surface area contributed by atoms with Crippen molar-refractivity contribution in [3.8, 4) is 22.4 Å². The van der Waals surface area contributed by atoms with Gasteiger partial charge in [-0.25, -0.2) is 9.97 Å². The highest BCUT2D eigenvalue weighted by Gasteiger charge is 2.20. The molecular weight excluding hydrogens is 355 g/mol. The zero-order chi connectivity index (χ0) is 17.6. The van der Waals surface area contributed by atoms with Gasteiger partial charge in [0.15, 0.2) is 5.65 Å². The highest BCUT2D eigenvalue weighted by atomic mass is 35.5. The Hall–Kier alpha value is -2.43. The molecule has 4 nitrogen and oxygen atoms in total. The largest absolute Gasteiger partial charge is 0.219 e. The van der Waals surface area contributed by atoms with Gasteiger partial charge in [0.05, 0.1) is 10.6 Å². The van der Waals surface area contributed by atoms with Crippen molar-refractivity contribution in [3.05, 3.63) is 70.2 Å². The van der Waals surface area contributed by atoms with E-state index in [0.717, 1.165) is 33.9 Å². The summed E-state index contributed by atoms with van der Waals surface area (Å²) in [6, 6.07) is 15.3. The SMILES string of the molecule is Cc1nc(C)n2nc(-c3ccccc3Cl)c(-c3ccc(Cl)cc3)c2n1. The summed E-state index contributed by atoms with van der Waals surface area (Å²) in [5.74, 6) is 1.47. The van der Waals surface area contributed by atoms with Crippen LogP contribution in [0.1, 0.15) is 11.6 Å². The van der Waals surface area contributed by atoms with Crippen molar-refractivity contribution in [3.63, 3.8) is 0 Å². The van der Waals surface area contributed by atoms with Crippen molar-refractivity contribution in [2.24, 2.45) is 0 Å². The van der Waals surface area contributed by atoms with Crippen LogP contribution in [0.25, 0.3) is 28.0 Å². The number of aromatic nitrogens is 4. The Morgan fingerprint density at radius 1 is 0.880 bits per heavy atom. The first kappa shape index (κ1) is 16.1. The van der Waals surface area contributed by atoms with Crippen LogP contribution in [-0.4, -0.2) is 19.6 Å². The lowest BCUT2D eigenvalue weighted by molar-refractivity contribution is 0.820. The van der Waals surface area contributed by atoms with Crippen molar-refractivity contribution in [1.29, 1.82) is 0 Å². The van der Waals surface area contributed by atoms with E-state index in [9.17, 15) is 0 Å². The normalized spacial score (nSPS) is 11.2. The van der Waals surface area contributed by atoms with Crippen LogP contribution in [0.5, 0.6) is 0 Å². The lowest BCUT2D eigenvalue weighted by atomic mass is 10.0. The van der Waals surface area contributed by atoms with E-state index in [2.05, 4.69) is 9.97 Å². The molecule has 0 amide bonds. The zero-order valence-electron chi connectivity index (χ0n) is 13.7. The van der Waals surface area contributed by atoms with Crippen molar-refractivity contribution in [2.75, 3.05) is 0 Å². The predicted molar refractivity (Wildman–Crippen MR) is 101 cm³/mol. The molecule has 0 unspecified atom stereocenters. The summed E-state index contributed by atoms with van der Waals surface area (Å²) in [6.45, 7) is 3.79. The fourth-order valence-corrected chi connectivity index (χ4v) is 3.27. The quantitative estimate of drug-likeness (QED) is 0.476. The number of rotatable bonds is 2. The molecular formula is C19H14Cl2N4. The molecule has 0 N–H and O–H groups in total. The highest BCUT2D eigenvalue weighted by Crippen LogP contribution is 2.37. The van der Waals surface area contributed by atoms with Gasteiger partial charge < -0.3 is 0 Å². The number of hydrogen-bond donors (Lipinski definition) is 0. The minimum atomic E-state index is 0.642. The van der Waals surface area contributed by atoms with Crippen LogP contribution in [0.4, 0.5) is 0 Å². The summed E-state index contributed by atoms with van der Waals surface area (Å²) in [6.07, 6.45) is 0. The maximum absolute atomic E-state index is 6.44. The average Bonchev–Trinajstić information content (AvgIpc) is 2.95. The standard InChI is InChI=1S/C19H14Cl2N4/c1-11-22-12(2)25-19(23-11)17(13-7-9-14(20)10-8-13)18(24-25)15-5-3-4-6-16(15)21/h3-10H,1-2H3. The van der Waals surface area contributed by atoms with Crippen LogP contribution in [0, 0.1) is 13.8 Å². The third-order valence-electron chi connectivity index (χ3n) is 4.02. The van der Waals surface area contributed by atoms with Gasteiger partial charge in [-0.3, -0.25) is 0 Å². The van der Waals surface area contributed by atoms with E-state index in [1.807, 2.05) is 62.4 Å². The maximum Gasteiger partial charge on any atom is 0.167 e. The van der Waals surface area contributed by atoms with E-state index in [-0.39, 0.29) is 0 Å². The van der Waals surface area contributed by atoms with Gasteiger partial charge in [0.1, 0.15) is 17.3 Å². The third-order valence-corrected chi connectivity index (χ3v) is 4.60. The van der Waals surface area contributed by atoms with Crippen molar-refractivity contribution >= 4 is 28.8 Å². The first-order valence-corrected chi connectivity index (χ1v) is 8.55.